The Labute approximate surface area is 134 Å². The highest BCUT2D eigenvalue weighted by Crippen LogP contribution is 2.04. The van der Waals surface area contributed by atoms with Gasteiger partial charge in [0.2, 0.25) is 0 Å². The van der Waals surface area contributed by atoms with Crippen LogP contribution in [0, 0.1) is 0 Å². The molecule has 3 N–H and O–H groups in total. The SMILES string of the molecule is C[N+]1(C)CCN(C(=O)O)CCN(C(=O)O)CCN(C(=O)O)CC1. The van der Waals surface area contributed by atoms with Crippen molar-refractivity contribution in [2.24, 2.45) is 0 Å². The van der Waals surface area contributed by atoms with Crippen LogP contribution in [0.2, 0.25) is 0 Å². The Balaban J connectivity index is 2.89. The average molecular weight is 333 g/mol. The first-order valence-electron chi connectivity index (χ1n) is 7.38. The van der Waals surface area contributed by atoms with Gasteiger partial charge in [-0.05, 0) is 0 Å². The highest BCUT2D eigenvalue weighted by Gasteiger charge is 2.25. The second kappa shape index (κ2) is 7.86. The standard InChI is InChI=1S/C13H24N4O6/c1-17(2)9-7-15(12(20)21)5-3-14(11(18)19)4-6-16(8-10-17)13(22)23/h3-10H2,1-2H3,(H2-,18,19,20,21,22,23)/p+1. The van der Waals surface area contributed by atoms with E-state index >= 15 is 0 Å². The Kier molecular flexibility index (Phi) is 6.43. The van der Waals surface area contributed by atoms with Gasteiger partial charge in [0.15, 0.2) is 0 Å². The summed E-state index contributed by atoms with van der Waals surface area (Å²) in [6.45, 7) is 1.74. The molecule has 23 heavy (non-hydrogen) atoms. The molecule has 0 aromatic carbocycles. The van der Waals surface area contributed by atoms with Crippen molar-refractivity contribution in [1.29, 1.82) is 0 Å². The minimum absolute atomic E-state index is 0.0164. The van der Waals surface area contributed by atoms with Gasteiger partial charge in [0.25, 0.3) is 0 Å². The predicted octanol–water partition coefficient (Wildman–Crippen LogP) is 0.0164. The van der Waals surface area contributed by atoms with E-state index in [0.717, 1.165) is 4.90 Å². The van der Waals surface area contributed by atoms with Gasteiger partial charge in [0.05, 0.1) is 40.3 Å². The summed E-state index contributed by atoms with van der Waals surface area (Å²) in [4.78, 5) is 37.2. The number of hydrogen-bond donors (Lipinski definition) is 3. The van der Waals surface area contributed by atoms with Gasteiger partial charge >= 0.3 is 18.3 Å². The molecule has 10 heteroatoms. The highest BCUT2D eigenvalue weighted by molar-refractivity contribution is 5.67. The van der Waals surface area contributed by atoms with Crippen molar-refractivity contribution in [1.82, 2.24) is 14.7 Å². The molecule has 0 aromatic heterocycles. The molecule has 0 atom stereocenters. The monoisotopic (exact) mass is 333 g/mol. The van der Waals surface area contributed by atoms with Crippen molar-refractivity contribution in [3.05, 3.63) is 0 Å². The molecular formula is C13H25N4O6+. The molecule has 0 radical (unpaired) electrons. The summed E-state index contributed by atoms with van der Waals surface area (Å²) in [5, 5.41) is 27.6. The number of amides is 3. The van der Waals surface area contributed by atoms with Crippen LogP contribution in [0.4, 0.5) is 14.4 Å². The lowest BCUT2D eigenvalue weighted by atomic mass is 10.3. The zero-order valence-electron chi connectivity index (χ0n) is 13.5. The number of nitrogens with zero attached hydrogens (tertiary/aromatic N) is 4. The highest BCUT2D eigenvalue weighted by atomic mass is 16.4. The second-order valence-electron chi connectivity index (χ2n) is 6.19. The van der Waals surface area contributed by atoms with Crippen LogP contribution in [0.15, 0.2) is 0 Å². The Bertz CT molecular complexity index is 424. The van der Waals surface area contributed by atoms with Gasteiger partial charge < -0.3 is 34.5 Å². The molecule has 1 aliphatic heterocycles. The lowest BCUT2D eigenvalue weighted by Gasteiger charge is -2.35. The van der Waals surface area contributed by atoms with Crippen molar-refractivity contribution >= 4 is 18.3 Å². The number of hydrogen-bond acceptors (Lipinski definition) is 3. The van der Waals surface area contributed by atoms with Gasteiger partial charge in [-0.15, -0.1) is 0 Å². The summed E-state index contributed by atoms with van der Waals surface area (Å²) < 4.78 is 0.482. The third kappa shape index (κ3) is 6.19. The Morgan fingerprint density at radius 2 is 0.913 bits per heavy atom. The smallest absolute Gasteiger partial charge is 0.407 e. The maximum absolute atomic E-state index is 11.3. The first kappa shape index (κ1) is 18.8. The average Bonchev–Trinajstić information content (AvgIpc) is 2.41. The number of carbonyl (C=O) groups is 3. The lowest BCUT2D eigenvalue weighted by molar-refractivity contribution is -0.889. The van der Waals surface area contributed by atoms with Crippen molar-refractivity contribution in [3.63, 3.8) is 0 Å². The van der Waals surface area contributed by atoms with Crippen LogP contribution in [-0.2, 0) is 0 Å². The van der Waals surface area contributed by atoms with E-state index in [0.29, 0.717) is 17.6 Å². The van der Waals surface area contributed by atoms with Crippen LogP contribution in [0.3, 0.4) is 0 Å². The van der Waals surface area contributed by atoms with Crippen molar-refractivity contribution < 1.29 is 34.2 Å². The lowest BCUT2D eigenvalue weighted by Crippen LogP contribution is -2.53. The summed E-state index contributed by atoms with van der Waals surface area (Å²) >= 11 is 0. The van der Waals surface area contributed by atoms with E-state index in [2.05, 4.69) is 0 Å². The van der Waals surface area contributed by atoms with Crippen molar-refractivity contribution in [3.8, 4) is 0 Å². The summed E-state index contributed by atoms with van der Waals surface area (Å²) in [5.41, 5.74) is 0. The second-order valence-corrected chi connectivity index (χ2v) is 6.19. The van der Waals surface area contributed by atoms with Gasteiger partial charge in [-0.1, -0.05) is 0 Å². The van der Waals surface area contributed by atoms with Crippen LogP contribution in [0.1, 0.15) is 0 Å². The van der Waals surface area contributed by atoms with E-state index < -0.39 is 18.3 Å². The Morgan fingerprint density at radius 1 is 0.652 bits per heavy atom. The predicted molar refractivity (Wildman–Crippen MR) is 80.6 cm³/mol. The fourth-order valence-corrected chi connectivity index (χ4v) is 2.29. The number of quaternary nitrogens is 1. The molecule has 0 aromatic rings. The number of rotatable bonds is 0. The minimum atomic E-state index is -1.19. The fourth-order valence-electron chi connectivity index (χ4n) is 2.29. The van der Waals surface area contributed by atoms with Crippen LogP contribution in [0.25, 0.3) is 0 Å². The molecule has 132 valence electrons. The van der Waals surface area contributed by atoms with Crippen LogP contribution in [-0.4, -0.2) is 119 Å². The molecule has 1 aliphatic rings. The fraction of sp³-hybridized carbons (Fsp3) is 0.769. The van der Waals surface area contributed by atoms with Crippen molar-refractivity contribution in [2.45, 2.75) is 0 Å². The maximum Gasteiger partial charge on any atom is 0.407 e. The van der Waals surface area contributed by atoms with Gasteiger partial charge in [-0.2, -0.15) is 0 Å². The topological polar surface area (TPSA) is 122 Å². The minimum Gasteiger partial charge on any atom is -0.465 e. The third-order valence-electron chi connectivity index (χ3n) is 4.04. The summed E-state index contributed by atoms with van der Waals surface area (Å²) in [7, 11) is 3.82. The molecule has 0 bridgehead atoms. The first-order valence-corrected chi connectivity index (χ1v) is 7.38. The van der Waals surface area contributed by atoms with E-state index in [-0.39, 0.29) is 39.3 Å². The molecule has 10 nitrogen and oxygen atoms in total. The normalized spacial score (nSPS) is 20.3. The first-order chi connectivity index (χ1) is 10.6. The summed E-state index contributed by atoms with van der Waals surface area (Å²) in [6.07, 6.45) is -3.35. The number of likely N-dealkylation sites (N-methyl/N-ethyl adjacent to an activating group) is 1. The Hall–Kier alpha value is -2.23. The van der Waals surface area contributed by atoms with E-state index in [9.17, 15) is 24.6 Å². The van der Waals surface area contributed by atoms with Crippen LogP contribution in [0.5, 0.6) is 0 Å². The summed E-state index contributed by atoms with van der Waals surface area (Å²) in [5.74, 6) is 0. The molecule has 3 amide bonds. The molecule has 0 saturated carbocycles. The molecule has 1 rings (SSSR count). The van der Waals surface area contributed by atoms with Gasteiger partial charge in [0, 0.05) is 26.2 Å². The Morgan fingerprint density at radius 3 is 1.17 bits per heavy atom. The van der Waals surface area contributed by atoms with Crippen LogP contribution >= 0.6 is 0 Å². The van der Waals surface area contributed by atoms with Gasteiger partial charge in [0.1, 0.15) is 0 Å². The van der Waals surface area contributed by atoms with Gasteiger partial charge in [-0.3, -0.25) is 0 Å². The van der Waals surface area contributed by atoms with Crippen LogP contribution < -0.4 is 0 Å². The summed E-state index contributed by atoms with van der Waals surface area (Å²) in [6, 6.07) is 0. The zero-order chi connectivity index (χ0) is 17.6. The van der Waals surface area contributed by atoms with E-state index in [4.69, 9.17) is 5.11 Å². The van der Waals surface area contributed by atoms with E-state index in [1.54, 1.807) is 0 Å². The van der Waals surface area contributed by atoms with Gasteiger partial charge in [-0.25, -0.2) is 14.4 Å². The quantitative estimate of drug-likeness (QED) is 0.537. The third-order valence-corrected chi connectivity index (χ3v) is 4.04. The molecular weight excluding hydrogens is 308 g/mol. The molecule has 1 heterocycles. The molecule has 1 saturated heterocycles. The molecule has 0 aliphatic carbocycles. The maximum atomic E-state index is 11.3. The largest absolute Gasteiger partial charge is 0.465 e. The van der Waals surface area contributed by atoms with E-state index in [1.807, 2.05) is 14.1 Å². The molecule has 0 spiro atoms. The zero-order valence-corrected chi connectivity index (χ0v) is 13.5. The number of carboxylic acid groups (broad SMARTS) is 3. The molecule has 0 unspecified atom stereocenters. The van der Waals surface area contributed by atoms with Crippen molar-refractivity contribution in [2.75, 3.05) is 66.5 Å². The molecule has 1 fully saturated rings. The van der Waals surface area contributed by atoms with E-state index in [1.165, 1.54) is 9.80 Å².